The molecule has 2 aromatic carbocycles. The summed E-state index contributed by atoms with van der Waals surface area (Å²) in [5, 5.41) is 6.51. The molecule has 4 rings (SSSR count). The summed E-state index contributed by atoms with van der Waals surface area (Å²) in [5.41, 5.74) is 2.80. The number of hydrogen-bond donors (Lipinski definition) is 0. The van der Waals surface area contributed by atoms with Gasteiger partial charge in [0.25, 0.3) is 0 Å². The minimum Gasteiger partial charge on any atom is -0.444 e. The number of aromatic nitrogens is 2. The molecular weight excluding hydrogens is 585 g/mol. The summed E-state index contributed by atoms with van der Waals surface area (Å²) in [6.07, 6.45) is 0.708. The van der Waals surface area contributed by atoms with Crippen LogP contribution in [0.4, 0.5) is 9.18 Å². The number of benzene rings is 2. The molecule has 236 valence electrons. The first-order valence-electron chi connectivity index (χ1n) is 15.2. The largest absolute Gasteiger partial charge is 0.444 e. The van der Waals surface area contributed by atoms with Crippen LogP contribution >= 0.6 is 11.6 Å². The number of rotatable bonds is 10. The minimum absolute atomic E-state index is 0.281. The molecule has 1 aliphatic heterocycles. The molecule has 1 saturated heterocycles. The molecule has 1 fully saturated rings. The van der Waals surface area contributed by atoms with Crippen molar-refractivity contribution in [1.29, 1.82) is 0 Å². The molecule has 1 atom stereocenters. The summed E-state index contributed by atoms with van der Waals surface area (Å²) < 4.78 is 34.0. The molecule has 0 aliphatic carbocycles. The van der Waals surface area contributed by atoms with E-state index in [2.05, 4.69) is 19.6 Å². The third-order valence-corrected chi connectivity index (χ3v) is 10.1. The Morgan fingerprint density at radius 3 is 2.40 bits per heavy atom. The normalized spacial score (nSPS) is 16.5. The van der Waals surface area contributed by atoms with Crippen molar-refractivity contribution in [3.8, 4) is 0 Å². The fraction of sp³-hybridized carbons (Fsp3) is 0.576. The van der Waals surface area contributed by atoms with Crippen molar-refractivity contribution in [2.45, 2.75) is 97.0 Å². The maximum Gasteiger partial charge on any atom is 0.410 e. The van der Waals surface area contributed by atoms with Gasteiger partial charge in [0.1, 0.15) is 18.1 Å². The Kier molecular flexibility index (Phi) is 10.3. The lowest BCUT2D eigenvalue weighted by Gasteiger charge is -2.42. The van der Waals surface area contributed by atoms with Crippen molar-refractivity contribution in [2.24, 2.45) is 0 Å². The molecule has 0 saturated carbocycles. The molecule has 1 amide bonds. The van der Waals surface area contributed by atoms with Crippen LogP contribution in [0.5, 0.6) is 0 Å². The Morgan fingerprint density at radius 1 is 1.14 bits per heavy atom. The van der Waals surface area contributed by atoms with Crippen LogP contribution in [0.25, 0.3) is 10.9 Å². The van der Waals surface area contributed by atoms with Crippen molar-refractivity contribution in [3.63, 3.8) is 0 Å². The van der Waals surface area contributed by atoms with Gasteiger partial charge in [-0.2, -0.15) is 5.10 Å². The predicted molar refractivity (Wildman–Crippen MR) is 173 cm³/mol. The molecule has 1 aromatic heterocycles. The van der Waals surface area contributed by atoms with E-state index < -0.39 is 19.1 Å². The average Bonchev–Trinajstić information content (AvgIpc) is 3.23. The number of piperidine rings is 1. The highest BCUT2D eigenvalue weighted by Crippen LogP contribution is 2.39. The van der Waals surface area contributed by atoms with Crippen LogP contribution in [-0.2, 0) is 26.4 Å². The molecule has 0 unspecified atom stereocenters. The van der Waals surface area contributed by atoms with Gasteiger partial charge in [-0.05, 0) is 83.3 Å². The van der Waals surface area contributed by atoms with Gasteiger partial charge in [-0.3, -0.25) is 0 Å². The summed E-state index contributed by atoms with van der Waals surface area (Å²) >= 11 is 6.60. The van der Waals surface area contributed by atoms with Crippen molar-refractivity contribution in [2.75, 3.05) is 26.3 Å². The Labute approximate surface area is 261 Å². The van der Waals surface area contributed by atoms with Crippen LogP contribution in [0.15, 0.2) is 36.4 Å². The summed E-state index contributed by atoms with van der Waals surface area (Å²) in [4.78, 5) is 14.5. The zero-order chi connectivity index (χ0) is 31.6. The summed E-state index contributed by atoms with van der Waals surface area (Å²) in [7, 11) is -1.18. The molecule has 0 bridgehead atoms. The van der Waals surface area contributed by atoms with E-state index in [0.29, 0.717) is 44.3 Å². The van der Waals surface area contributed by atoms with Gasteiger partial charge in [-0.25, -0.2) is 13.9 Å². The third-order valence-electron chi connectivity index (χ3n) is 8.19. The second kappa shape index (κ2) is 13.3. The average molecular weight is 632 g/mol. The zero-order valence-electron chi connectivity index (χ0n) is 26.9. The van der Waals surface area contributed by atoms with E-state index in [0.717, 1.165) is 40.4 Å². The second-order valence-electron chi connectivity index (χ2n) is 14.0. The topological polar surface area (TPSA) is 65.8 Å². The lowest BCUT2D eigenvalue weighted by atomic mass is 9.73. The first-order chi connectivity index (χ1) is 20.1. The molecule has 43 heavy (non-hydrogen) atoms. The van der Waals surface area contributed by atoms with Crippen molar-refractivity contribution < 1.29 is 23.4 Å². The fourth-order valence-electron chi connectivity index (χ4n) is 5.45. The van der Waals surface area contributed by atoms with Crippen LogP contribution in [0, 0.1) is 12.7 Å². The number of ether oxygens (including phenoxy) is 3. The van der Waals surface area contributed by atoms with E-state index in [1.54, 1.807) is 4.90 Å². The molecule has 7 nitrogen and oxygen atoms in total. The number of fused-ring (bicyclic) bond motifs is 1. The van der Waals surface area contributed by atoms with Crippen molar-refractivity contribution in [1.82, 2.24) is 14.7 Å². The number of amides is 1. The maximum atomic E-state index is 13.9. The molecule has 2 heterocycles. The molecule has 0 radical (unpaired) electrons. The summed E-state index contributed by atoms with van der Waals surface area (Å²) in [6.45, 7) is 19.2. The van der Waals surface area contributed by atoms with Gasteiger partial charge in [0, 0.05) is 54.9 Å². The molecule has 0 spiro atoms. The molecule has 1 aliphatic rings. The lowest BCUT2D eigenvalue weighted by molar-refractivity contribution is -0.00935. The van der Waals surface area contributed by atoms with Gasteiger partial charge in [0.2, 0.25) is 0 Å². The van der Waals surface area contributed by atoms with Gasteiger partial charge in [0.05, 0.1) is 18.2 Å². The zero-order valence-corrected chi connectivity index (χ0v) is 28.7. The first kappa shape index (κ1) is 33.4. The van der Waals surface area contributed by atoms with E-state index in [1.165, 1.54) is 12.1 Å². The van der Waals surface area contributed by atoms with E-state index in [1.807, 2.05) is 63.6 Å². The number of halogens is 2. The van der Waals surface area contributed by atoms with E-state index in [4.69, 9.17) is 30.9 Å². The quantitative estimate of drug-likeness (QED) is 0.166. The van der Waals surface area contributed by atoms with Crippen LogP contribution in [0.3, 0.4) is 0 Å². The summed E-state index contributed by atoms with van der Waals surface area (Å²) in [5.74, 6) is -0.281. The van der Waals surface area contributed by atoms with Crippen LogP contribution in [0.2, 0.25) is 30.7 Å². The highest BCUT2D eigenvalue weighted by atomic mass is 35.5. The standard InChI is InChI=1S/C33H47ClFN3O4Si/c1-23-28-19-26(34)20-29(30(28)36-38(23)22-40-17-18-43(6,7)8)24(2)41-21-33(25-9-11-27(35)12-10-25)13-15-37(16-14-33)31(39)42-32(3,4)5/h9-12,19-20,24H,13-18,21-22H2,1-8H3/t24-/m1/s1. The Bertz CT molecular complexity index is 1410. The van der Waals surface area contributed by atoms with E-state index in [-0.39, 0.29) is 18.0 Å². The lowest BCUT2D eigenvalue weighted by Crippen LogP contribution is -2.48. The van der Waals surface area contributed by atoms with Gasteiger partial charge in [-0.15, -0.1) is 0 Å². The van der Waals surface area contributed by atoms with E-state index >= 15 is 0 Å². The number of carbonyl (C=O) groups excluding carboxylic acids is 1. The SMILES string of the molecule is Cc1c2cc(Cl)cc([C@@H](C)OCC3(c4ccc(F)cc4)CCN(C(=O)OC(C)(C)C)CC3)c2nn1COCC[Si](C)(C)C. The van der Waals surface area contributed by atoms with Crippen LogP contribution in [-0.4, -0.2) is 60.8 Å². The van der Waals surface area contributed by atoms with E-state index in [9.17, 15) is 9.18 Å². The van der Waals surface area contributed by atoms with Crippen LogP contribution < -0.4 is 0 Å². The molecule has 10 heteroatoms. The van der Waals surface area contributed by atoms with Crippen LogP contribution in [0.1, 0.15) is 63.5 Å². The number of nitrogens with zero attached hydrogens (tertiary/aromatic N) is 3. The smallest absolute Gasteiger partial charge is 0.410 e. The monoisotopic (exact) mass is 631 g/mol. The van der Waals surface area contributed by atoms with Gasteiger partial charge < -0.3 is 19.1 Å². The molecular formula is C33H47ClFN3O4Si. The summed E-state index contributed by atoms with van der Waals surface area (Å²) in [6, 6.07) is 11.6. The highest BCUT2D eigenvalue weighted by molar-refractivity contribution is 6.76. The number of hydrogen-bond acceptors (Lipinski definition) is 5. The van der Waals surface area contributed by atoms with Gasteiger partial charge >= 0.3 is 6.09 Å². The van der Waals surface area contributed by atoms with Gasteiger partial charge in [-0.1, -0.05) is 43.4 Å². The minimum atomic E-state index is -1.18. The molecule has 3 aromatic rings. The second-order valence-corrected chi connectivity index (χ2v) is 20.1. The highest BCUT2D eigenvalue weighted by Gasteiger charge is 2.39. The number of aryl methyl sites for hydroxylation is 1. The fourth-order valence-corrected chi connectivity index (χ4v) is 6.43. The number of carbonyl (C=O) groups is 1. The first-order valence-corrected chi connectivity index (χ1v) is 19.3. The Balaban J connectivity index is 1.53. The maximum absolute atomic E-state index is 13.9. The van der Waals surface area contributed by atoms with Crippen molar-refractivity contribution in [3.05, 3.63) is 64.1 Å². The molecule has 0 N–H and O–H groups in total. The number of likely N-dealkylation sites (tertiary alicyclic amines) is 1. The predicted octanol–water partition coefficient (Wildman–Crippen LogP) is 8.50. The van der Waals surface area contributed by atoms with Gasteiger partial charge in [0.15, 0.2) is 0 Å². The third kappa shape index (κ3) is 8.59. The Hall–Kier alpha value is -2.46. The van der Waals surface area contributed by atoms with Crippen molar-refractivity contribution >= 4 is 36.7 Å². The Morgan fingerprint density at radius 2 is 1.79 bits per heavy atom.